The van der Waals surface area contributed by atoms with Crippen molar-refractivity contribution in [2.45, 2.75) is 6.92 Å². The first kappa shape index (κ1) is 13.6. The fraction of sp³-hybridized carbons (Fsp3) is 0.0769. The Morgan fingerprint density at radius 2 is 2.00 bits per heavy atom. The SMILES string of the molecule is Cc1ccc(NC(=O)c2nc(Cl)ccc2Cl)cc1O. The van der Waals surface area contributed by atoms with E-state index >= 15 is 0 Å². The monoisotopic (exact) mass is 296 g/mol. The first-order valence-electron chi connectivity index (χ1n) is 5.40. The Labute approximate surface area is 120 Å². The Hall–Kier alpha value is -1.78. The van der Waals surface area contributed by atoms with E-state index in [4.69, 9.17) is 23.2 Å². The molecule has 98 valence electrons. The molecule has 0 fully saturated rings. The van der Waals surface area contributed by atoms with Gasteiger partial charge in [0, 0.05) is 11.8 Å². The van der Waals surface area contributed by atoms with E-state index in [0.29, 0.717) is 5.69 Å². The second-order valence-corrected chi connectivity index (χ2v) is 4.71. The van der Waals surface area contributed by atoms with Crippen LogP contribution >= 0.6 is 23.2 Å². The molecule has 0 saturated carbocycles. The maximum Gasteiger partial charge on any atom is 0.275 e. The lowest BCUT2D eigenvalue weighted by atomic mass is 10.2. The third-order valence-electron chi connectivity index (χ3n) is 2.49. The van der Waals surface area contributed by atoms with Gasteiger partial charge in [-0.15, -0.1) is 0 Å². The average molecular weight is 297 g/mol. The molecule has 0 bridgehead atoms. The lowest BCUT2D eigenvalue weighted by Gasteiger charge is -2.07. The number of hydrogen-bond acceptors (Lipinski definition) is 3. The van der Waals surface area contributed by atoms with Gasteiger partial charge in [-0.1, -0.05) is 29.3 Å². The van der Waals surface area contributed by atoms with Crippen molar-refractivity contribution in [1.82, 2.24) is 4.98 Å². The van der Waals surface area contributed by atoms with Crippen molar-refractivity contribution in [3.63, 3.8) is 0 Å². The van der Waals surface area contributed by atoms with Crippen LogP contribution < -0.4 is 5.32 Å². The maximum atomic E-state index is 12.0. The highest BCUT2D eigenvalue weighted by Gasteiger charge is 2.13. The Morgan fingerprint density at radius 1 is 1.26 bits per heavy atom. The number of rotatable bonds is 2. The number of hydrogen-bond donors (Lipinski definition) is 2. The van der Waals surface area contributed by atoms with E-state index in [2.05, 4.69) is 10.3 Å². The van der Waals surface area contributed by atoms with Gasteiger partial charge in [-0.3, -0.25) is 4.79 Å². The third kappa shape index (κ3) is 3.16. The zero-order valence-electron chi connectivity index (χ0n) is 9.95. The van der Waals surface area contributed by atoms with Crippen molar-refractivity contribution in [3.05, 3.63) is 51.8 Å². The minimum Gasteiger partial charge on any atom is -0.508 e. The van der Waals surface area contributed by atoms with Crippen LogP contribution in [0.25, 0.3) is 0 Å². The van der Waals surface area contributed by atoms with E-state index in [9.17, 15) is 9.90 Å². The Bertz CT molecular complexity index is 645. The number of pyridine rings is 1. The fourth-order valence-corrected chi connectivity index (χ4v) is 1.79. The molecule has 19 heavy (non-hydrogen) atoms. The van der Waals surface area contributed by atoms with Gasteiger partial charge in [-0.05, 0) is 30.7 Å². The summed E-state index contributed by atoms with van der Waals surface area (Å²) in [5.41, 5.74) is 1.21. The van der Waals surface area contributed by atoms with Crippen LogP contribution in [0, 0.1) is 6.92 Å². The summed E-state index contributed by atoms with van der Waals surface area (Å²) in [5.74, 6) is -0.390. The van der Waals surface area contributed by atoms with Gasteiger partial charge >= 0.3 is 0 Å². The quantitative estimate of drug-likeness (QED) is 0.832. The molecule has 1 amide bonds. The van der Waals surface area contributed by atoms with Crippen LogP contribution in [0.3, 0.4) is 0 Å². The number of nitrogens with one attached hydrogen (secondary N) is 1. The van der Waals surface area contributed by atoms with E-state index < -0.39 is 5.91 Å². The molecular weight excluding hydrogens is 287 g/mol. The highest BCUT2D eigenvalue weighted by molar-refractivity contribution is 6.35. The molecule has 0 aliphatic rings. The van der Waals surface area contributed by atoms with E-state index in [1.807, 2.05) is 0 Å². The zero-order valence-corrected chi connectivity index (χ0v) is 11.5. The number of aromatic nitrogens is 1. The van der Waals surface area contributed by atoms with Crippen molar-refractivity contribution < 1.29 is 9.90 Å². The number of carbonyl (C=O) groups excluding carboxylic acids is 1. The van der Waals surface area contributed by atoms with Gasteiger partial charge in [0.15, 0.2) is 0 Å². The molecule has 0 saturated heterocycles. The molecule has 0 aliphatic heterocycles. The van der Waals surface area contributed by atoms with Crippen molar-refractivity contribution >= 4 is 34.8 Å². The van der Waals surface area contributed by atoms with E-state index in [1.54, 1.807) is 19.1 Å². The molecule has 0 aliphatic carbocycles. The molecular formula is C13H10Cl2N2O2. The van der Waals surface area contributed by atoms with Gasteiger partial charge in [-0.25, -0.2) is 4.98 Å². The van der Waals surface area contributed by atoms with Gasteiger partial charge in [0.05, 0.1) is 5.02 Å². The van der Waals surface area contributed by atoms with Gasteiger partial charge < -0.3 is 10.4 Å². The summed E-state index contributed by atoms with van der Waals surface area (Å²) in [5, 5.41) is 12.5. The highest BCUT2D eigenvalue weighted by atomic mass is 35.5. The van der Waals surface area contributed by atoms with E-state index in [-0.39, 0.29) is 21.6 Å². The van der Waals surface area contributed by atoms with Crippen molar-refractivity contribution in [2.75, 3.05) is 5.32 Å². The molecule has 2 rings (SSSR count). The van der Waals surface area contributed by atoms with E-state index in [1.165, 1.54) is 18.2 Å². The van der Waals surface area contributed by atoms with E-state index in [0.717, 1.165) is 5.56 Å². The van der Waals surface area contributed by atoms with Crippen LogP contribution in [-0.4, -0.2) is 16.0 Å². The summed E-state index contributed by atoms with van der Waals surface area (Å²) in [6, 6.07) is 7.81. The van der Waals surface area contributed by atoms with Crippen molar-refractivity contribution in [2.24, 2.45) is 0 Å². The molecule has 4 nitrogen and oxygen atoms in total. The lowest BCUT2D eigenvalue weighted by Crippen LogP contribution is -2.14. The number of anilines is 1. The summed E-state index contributed by atoms with van der Waals surface area (Å²) in [7, 11) is 0. The topological polar surface area (TPSA) is 62.2 Å². The predicted octanol–water partition coefficient (Wildman–Crippen LogP) is 3.65. The summed E-state index contributed by atoms with van der Waals surface area (Å²) in [6.45, 7) is 1.76. The number of halogens is 2. The molecule has 2 N–H and O–H groups in total. The molecule has 1 aromatic heterocycles. The molecule has 1 aromatic carbocycles. The molecule has 0 atom stereocenters. The summed E-state index contributed by atoms with van der Waals surface area (Å²) in [6.07, 6.45) is 0. The Kier molecular flexibility index (Phi) is 3.93. The second-order valence-electron chi connectivity index (χ2n) is 3.92. The Balaban J connectivity index is 2.25. The average Bonchev–Trinajstić information content (AvgIpc) is 2.36. The van der Waals surface area contributed by atoms with Crippen LogP contribution in [0.15, 0.2) is 30.3 Å². The minimum atomic E-state index is -0.490. The predicted molar refractivity (Wildman–Crippen MR) is 75.1 cm³/mol. The number of amides is 1. The molecule has 0 radical (unpaired) electrons. The number of nitrogens with zero attached hydrogens (tertiary/aromatic N) is 1. The number of carbonyl (C=O) groups is 1. The first-order chi connectivity index (χ1) is 8.97. The molecule has 0 unspecified atom stereocenters. The molecule has 1 heterocycles. The smallest absolute Gasteiger partial charge is 0.275 e. The van der Waals surface area contributed by atoms with Crippen LogP contribution in [0.5, 0.6) is 5.75 Å². The number of aromatic hydroxyl groups is 1. The second kappa shape index (κ2) is 5.47. The number of phenolic OH excluding ortho intramolecular Hbond substituents is 1. The maximum absolute atomic E-state index is 12.0. The Morgan fingerprint density at radius 3 is 2.68 bits per heavy atom. The lowest BCUT2D eigenvalue weighted by molar-refractivity contribution is 0.102. The van der Waals surface area contributed by atoms with Gasteiger partial charge in [0.25, 0.3) is 5.91 Å². The number of phenols is 1. The molecule has 0 spiro atoms. The van der Waals surface area contributed by atoms with Crippen LogP contribution in [0.1, 0.15) is 16.1 Å². The van der Waals surface area contributed by atoms with Gasteiger partial charge in [0.1, 0.15) is 16.6 Å². The van der Waals surface area contributed by atoms with Crippen LogP contribution in [0.2, 0.25) is 10.2 Å². The number of benzene rings is 1. The van der Waals surface area contributed by atoms with Crippen molar-refractivity contribution in [1.29, 1.82) is 0 Å². The zero-order chi connectivity index (χ0) is 14.0. The molecule has 6 heteroatoms. The van der Waals surface area contributed by atoms with Gasteiger partial charge in [0.2, 0.25) is 0 Å². The third-order valence-corrected chi connectivity index (χ3v) is 3.01. The largest absolute Gasteiger partial charge is 0.508 e. The van der Waals surface area contributed by atoms with Crippen LogP contribution in [-0.2, 0) is 0 Å². The minimum absolute atomic E-state index is 0.0363. The summed E-state index contributed by atoms with van der Waals surface area (Å²) < 4.78 is 0. The van der Waals surface area contributed by atoms with Crippen molar-refractivity contribution in [3.8, 4) is 5.75 Å². The highest BCUT2D eigenvalue weighted by Crippen LogP contribution is 2.22. The van der Waals surface area contributed by atoms with Crippen LogP contribution in [0.4, 0.5) is 5.69 Å². The fourth-order valence-electron chi connectivity index (χ4n) is 1.46. The first-order valence-corrected chi connectivity index (χ1v) is 6.16. The molecule has 2 aromatic rings. The van der Waals surface area contributed by atoms with Gasteiger partial charge in [-0.2, -0.15) is 0 Å². The normalized spacial score (nSPS) is 10.3. The number of aryl methyl sites for hydroxylation is 1. The summed E-state index contributed by atoms with van der Waals surface area (Å²) in [4.78, 5) is 15.9. The standard InChI is InChI=1S/C13H10Cl2N2O2/c1-7-2-3-8(6-10(7)18)16-13(19)12-9(14)4-5-11(15)17-12/h2-6,18H,1H3,(H,16,19). The summed E-state index contributed by atoms with van der Waals surface area (Å²) >= 11 is 11.6.